The van der Waals surface area contributed by atoms with Gasteiger partial charge in [-0.25, -0.2) is 4.98 Å². The molecule has 5 nitrogen and oxygen atoms in total. The maximum atomic E-state index is 12.3. The Morgan fingerprint density at radius 1 is 1.31 bits per heavy atom. The van der Waals surface area contributed by atoms with E-state index in [2.05, 4.69) is 44.2 Å². The number of hydrogen-bond donors (Lipinski definition) is 1. The van der Waals surface area contributed by atoms with E-state index < -0.39 is 0 Å². The minimum Gasteiger partial charge on any atom is -0.353 e. The van der Waals surface area contributed by atoms with Crippen LogP contribution < -0.4 is 5.32 Å². The molecule has 1 atom stereocenters. The normalized spacial score (nSPS) is 12.6. The number of carbonyl (C=O) groups excluding carboxylic acids is 1. The molecule has 3 rings (SSSR count). The minimum atomic E-state index is 0.0353. The third kappa shape index (κ3) is 4.28. The van der Waals surface area contributed by atoms with Gasteiger partial charge in [-0.05, 0) is 44.6 Å². The Morgan fingerprint density at radius 3 is 2.81 bits per heavy atom. The molecule has 1 aromatic carbocycles. The highest BCUT2D eigenvalue weighted by Gasteiger charge is 2.17. The van der Waals surface area contributed by atoms with Crippen LogP contribution in [0.25, 0.3) is 11.0 Å². The number of imidazole rings is 1. The number of thioether (sulfide) groups is 1. The number of thiophene rings is 1. The molecular weight excluding hydrogens is 364 g/mol. The molecule has 0 bridgehead atoms. The number of benzene rings is 1. The summed E-state index contributed by atoms with van der Waals surface area (Å²) in [7, 11) is 4.07. The van der Waals surface area contributed by atoms with Crippen molar-refractivity contribution in [3.05, 3.63) is 46.7 Å². The first-order chi connectivity index (χ1) is 12.6. The molecular formula is C19H24N4OS2. The average Bonchev–Trinajstić information content (AvgIpc) is 3.27. The van der Waals surface area contributed by atoms with Crippen molar-refractivity contribution >= 4 is 40.0 Å². The molecule has 1 N–H and O–H groups in total. The standard InChI is InChI=1S/C19H24N4OS2/c1-4-23-15-9-6-5-8-14(15)21-19(23)26-13-18(24)20-12-16(22(2)3)17-10-7-11-25-17/h5-11,16H,4,12-13H2,1-3H3,(H,20,24)/t16-/m1/s1. The number of rotatable bonds is 8. The highest BCUT2D eigenvalue weighted by Crippen LogP contribution is 2.24. The summed E-state index contributed by atoms with van der Waals surface area (Å²) in [6, 6.07) is 12.4. The van der Waals surface area contributed by atoms with Crippen LogP contribution in [-0.4, -0.2) is 46.8 Å². The number of aromatic nitrogens is 2. The van der Waals surface area contributed by atoms with Crippen LogP contribution in [0.15, 0.2) is 46.9 Å². The largest absolute Gasteiger partial charge is 0.353 e. The minimum absolute atomic E-state index is 0.0353. The van der Waals surface area contributed by atoms with Gasteiger partial charge in [-0.2, -0.15) is 0 Å². The molecule has 0 saturated heterocycles. The number of amides is 1. The van der Waals surface area contributed by atoms with Crippen LogP contribution in [-0.2, 0) is 11.3 Å². The Bertz CT molecular complexity index is 858. The second kappa shape index (κ2) is 8.70. The number of likely N-dealkylation sites (N-methyl/N-ethyl adjacent to an activating group) is 1. The zero-order valence-corrected chi connectivity index (χ0v) is 16.9. The van der Waals surface area contributed by atoms with E-state index in [9.17, 15) is 4.79 Å². The van der Waals surface area contributed by atoms with Crippen molar-refractivity contribution in [2.45, 2.75) is 24.7 Å². The van der Waals surface area contributed by atoms with Gasteiger partial charge in [-0.1, -0.05) is 30.0 Å². The van der Waals surface area contributed by atoms with Gasteiger partial charge in [0.2, 0.25) is 5.91 Å². The number of nitrogens with one attached hydrogen (secondary N) is 1. The highest BCUT2D eigenvalue weighted by atomic mass is 32.2. The maximum absolute atomic E-state index is 12.3. The van der Waals surface area contributed by atoms with Gasteiger partial charge in [0.15, 0.2) is 5.16 Å². The van der Waals surface area contributed by atoms with Crippen LogP contribution >= 0.6 is 23.1 Å². The summed E-state index contributed by atoms with van der Waals surface area (Å²) in [5.74, 6) is 0.404. The molecule has 0 unspecified atom stereocenters. The molecule has 3 aromatic rings. The second-order valence-corrected chi connectivity index (χ2v) is 8.14. The fourth-order valence-corrected chi connectivity index (χ4v) is 4.71. The summed E-state index contributed by atoms with van der Waals surface area (Å²) in [6.07, 6.45) is 0. The summed E-state index contributed by atoms with van der Waals surface area (Å²) in [6.45, 7) is 3.55. The van der Waals surface area contributed by atoms with E-state index in [-0.39, 0.29) is 11.9 Å². The van der Waals surface area contributed by atoms with Crippen LogP contribution in [0.2, 0.25) is 0 Å². The Labute approximate surface area is 162 Å². The van der Waals surface area contributed by atoms with Gasteiger partial charge in [0.25, 0.3) is 0 Å². The molecule has 2 heterocycles. The molecule has 138 valence electrons. The Balaban J connectivity index is 1.59. The van der Waals surface area contributed by atoms with Crippen molar-refractivity contribution in [3.63, 3.8) is 0 Å². The van der Waals surface area contributed by atoms with Gasteiger partial charge < -0.3 is 14.8 Å². The van der Waals surface area contributed by atoms with Crippen LogP contribution in [0.3, 0.4) is 0 Å². The quantitative estimate of drug-likeness (QED) is 0.599. The number of aryl methyl sites for hydroxylation is 1. The Morgan fingerprint density at radius 2 is 2.12 bits per heavy atom. The predicted molar refractivity (Wildman–Crippen MR) is 110 cm³/mol. The van der Waals surface area contributed by atoms with Crippen molar-refractivity contribution in [1.29, 1.82) is 0 Å². The molecule has 0 fully saturated rings. The van der Waals surface area contributed by atoms with Crippen molar-refractivity contribution in [3.8, 4) is 0 Å². The van der Waals surface area contributed by atoms with Crippen molar-refractivity contribution in [2.24, 2.45) is 0 Å². The summed E-state index contributed by atoms with van der Waals surface area (Å²) >= 11 is 3.21. The maximum Gasteiger partial charge on any atom is 0.230 e. The van der Waals surface area contributed by atoms with E-state index in [0.717, 1.165) is 22.7 Å². The van der Waals surface area contributed by atoms with Gasteiger partial charge in [0, 0.05) is 18.0 Å². The predicted octanol–water partition coefficient (Wildman–Crippen LogP) is 3.63. The molecule has 0 aliphatic rings. The second-order valence-electron chi connectivity index (χ2n) is 6.21. The molecule has 2 aromatic heterocycles. The lowest BCUT2D eigenvalue weighted by atomic mass is 10.2. The number of para-hydroxylation sites is 2. The van der Waals surface area contributed by atoms with Crippen LogP contribution in [0.5, 0.6) is 0 Å². The molecule has 0 aliphatic carbocycles. The lowest BCUT2D eigenvalue weighted by Gasteiger charge is -2.23. The molecule has 0 aliphatic heterocycles. The van der Waals surface area contributed by atoms with E-state index in [4.69, 9.17) is 0 Å². The monoisotopic (exact) mass is 388 g/mol. The molecule has 26 heavy (non-hydrogen) atoms. The smallest absolute Gasteiger partial charge is 0.230 e. The van der Waals surface area contributed by atoms with Gasteiger partial charge >= 0.3 is 0 Å². The van der Waals surface area contributed by atoms with Crippen molar-refractivity contribution in [2.75, 3.05) is 26.4 Å². The average molecular weight is 389 g/mol. The Hall–Kier alpha value is -1.83. The zero-order chi connectivity index (χ0) is 18.5. The topological polar surface area (TPSA) is 50.2 Å². The third-order valence-electron chi connectivity index (χ3n) is 4.26. The molecule has 0 radical (unpaired) electrons. The van der Waals surface area contributed by atoms with Crippen LogP contribution in [0.4, 0.5) is 0 Å². The van der Waals surface area contributed by atoms with E-state index in [0.29, 0.717) is 12.3 Å². The zero-order valence-electron chi connectivity index (χ0n) is 15.3. The lowest BCUT2D eigenvalue weighted by molar-refractivity contribution is -0.118. The van der Waals surface area contributed by atoms with E-state index in [1.807, 2.05) is 38.4 Å². The highest BCUT2D eigenvalue weighted by molar-refractivity contribution is 7.99. The first kappa shape index (κ1) is 18.9. The summed E-state index contributed by atoms with van der Waals surface area (Å²) < 4.78 is 2.15. The SMILES string of the molecule is CCn1c(SCC(=O)NC[C@H](c2cccs2)N(C)C)nc2ccccc21. The molecule has 7 heteroatoms. The van der Waals surface area contributed by atoms with E-state index >= 15 is 0 Å². The summed E-state index contributed by atoms with van der Waals surface area (Å²) in [5, 5.41) is 6.02. The van der Waals surface area contributed by atoms with Gasteiger partial charge in [0.05, 0.1) is 22.8 Å². The Kier molecular flexibility index (Phi) is 6.34. The van der Waals surface area contributed by atoms with Crippen LogP contribution in [0, 0.1) is 0 Å². The van der Waals surface area contributed by atoms with E-state index in [1.54, 1.807) is 11.3 Å². The van der Waals surface area contributed by atoms with E-state index in [1.165, 1.54) is 16.6 Å². The summed E-state index contributed by atoms with van der Waals surface area (Å²) in [4.78, 5) is 20.4. The van der Waals surface area contributed by atoms with Crippen LogP contribution in [0.1, 0.15) is 17.8 Å². The number of nitrogens with zero attached hydrogens (tertiary/aromatic N) is 3. The van der Waals surface area contributed by atoms with Crippen molar-refractivity contribution in [1.82, 2.24) is 19.8 Å². The van der Waals surface area contributed by atoms with Gasteiger partial charge in [0.1, 0.15) is 0 Å². The molecule has 1 amide bonds. The van der Waals surface area contributed by atoms with Crippen molar-refractivity contribution < 1.29 is 4.79 Å². The fraction of sp³-hybridized carbons (Fsp3) is 0.368. The number of hydrogen-bond acceptors (Lipinski definition) is 5. The first-order valence-corrected chi connectivity index (χ1v) is 10.5. The lowest BCUT2D eigenvalue weighted by Crippen LogP contribution is -2.35. The van der Waals surface area contributed by atoms with Gasteiger partial charge in [-0.15, -0.1) is 11.3 Å². The number of fused-ring (bicyclic) bond motifs is 1. The number of carbonyl (C=O) groups is 1. The first-order valence-electron chi connectivity index (χ1n) is 8.64. The summed E-state index contributed by atoms with van der Waals surface area (Å²) in [5.41, 5.74) is 2.09. The fourth-order valence-electron chi connectivity index (χ4n) is 2.88. The molecule has 0 spiro atoms. The molecule has 0 saturated carbocycles. The third-order valence-corrected chi connectivity index (χ3v) is 6.21. The van der Waals surface area contributed by atoms with Gasteiger partial charge in [-0.3, -0.25) is 4.79 Å².